The van der Waals surface area contributed by atoms with Gasteiger partial charge >= 0.3 is 5.97 Å². The predicted molar refractivity (Wildman–Crippen MR) is 109 cm³/mol. The van der Waals surface area contributed by atoms with E-state index in [1.807, 2.05) is 84.9 Å². The summed E-state index contributed by atoms with van der Waals surface area (Å²) in [5.74, 6) is -0.944. The van der Waals surface area contributed by atoms with Gasteiger partial charge in [0, 0.05) is 10.9 Å². The van der Waals surface area contributed by atoms with Crippen molar-refractivity contribution >= 4 is 38.4 Å². The first-order chi connectivity index (χ1) is 13.2. The van der Waals surface area contributed by atoms with Gasteiger partial charge in [0.05, 0.1) is 16.8 Å². The molecule has 0 atom stereocenters. The summed E-state index contributed by atoms with van der Waals surface area (Å²) in [4.78, 5) is 16.9. The van der Waals surface area contributed by atoms with Gasteiger partial charge in [0.1, 0.15) is 0 Å². The van der Waals surface area contributed by atoms with Crippen LogP contribution in [0.4, 0.5) is 0 Å². The fourth-order valence-electron chi connectivity index (χ4n) is 3.67. The maximum Gasteiger partial charge on any atom is 0.337 e. The molecule has 3 heteroatoms. The minimum Gasteiger partial charge on any atom is -0.478 e. The van der Waals surface area contributed by atoms with Crippen molar-refractivity contribution in [1.29, 1.82) is 0 Å². The van der Waals surface area contributed by atoms with Crippen LogP contribution in [0.5, 0.6) is 0 Å². The Morgan fingerprint density at radius 1 is 0.704 bits per heavy atom. The Morgan fingerprint density at radius 2 is 1.37 bits per heavy atom. The third-order valence-electron chi connectivity index (χ3n) is 4.97. The standard InChI is InChI=1S/C24H15NO2/c26-24(27)23-19(22-12-10-15-5-3-4-8-21(15)25-22)11-9-18-13-16-6-1-2-7-17(16)14-20(18)23/h1-14H,(H,26,27). The second-order valence-electron chi connectivity index (χ2n) is 6.60. The number of carbonyl (C=O) groups is 1. The third-order valence-corrected chi connectivity index (χ3v) is 4.97. The molecule has 3 nitrogen and oxygen atoms in total. The number of pyridine rings is 1. The number of aromatic carboxylic acids is 1. The number of rotatable bonds is 2. The second-order valence-corrected chi connectivity index (χ2v) is 6.60. The molecule has 0 aliphatic rings. The zero-order valence-corrected chi connectivity index (χ0v) is 14.4. The van der Waals surface area contributed by atoms with Crippen LogP contribution < -0.4 is 0 Å². The van der Waals surface area contributed by atoms with Crippen LogP contribution >= 0.6 is 0 Å². The number of benzene rings is 4. The van der Waals surface area contributed by atoms with E-state index in [2.05, 4.69) is 0 Å². The molecule has 0 bridgehead atoms. The van der Waals surface area contributed by atoms with Crippen molar-refractivity contribution in [3.8, 4) is 11.3 Å². The summed E-state index contributed by atoms with van der Waals surface area (Å²) in [6.07, 6.45) is 0. The topological polar surface area (TPSA) is 50.2 Å². The van der Waals surface area contributed by atoms with E-state index in [0.29, 0.717) is 16.8 Å². The zero-order chi connectivity index (χ0) is 18.4. The SMILES string of the molecule is O=C(O)c1c(-c2ccc3ccccc3n2)ccc2cc3ccccc3cc12. The molecule has 0 spiro atoms. The molecule has 27 heavy (non-hydrogen) atoms. The van der Waals surface area contributed by atoms with Crippen molar-refractivity contribution in [3.05, 3.63) is 90.5 Å². The number of hydrogen-bond acceptors (Lipinski definition) is 2. The van der Waals surface area contributed by atoms with Crippen molar-refractivity contribution < 1.29 is 9.90 Å². The summed E-state index contributed by atoms with van der Waals surface area (Å²) in [5, 5.41) is 14.8. The Labute approximate surface area is 155 Å². The average molecular weight is 349 g/mol. The molecule has 1 aromatic heterocycles. The Balaban J connectivity index is 1.84. The highest BCUT2D eigenvalue weighted by Gasteiger charge is 2.17. The number of para-hydroxylation sites is 1. The van der Waals surface area contributed by atoms with E-state index in [1.165, 1.54) is 0 Å². The first-order valence-electron chi connectivity index (χ1n) is 8.76. The first-order valence-corrected chi connectivity index (χ1v) is 8.76. The fraction of sp³-hybridized carbons (Fsp3) is 0. The molecule has 0 aliphatic carbocycles. The number of fused-ring (bicyclic) bond motifs is 3. The quantitative estimate of drug-likeness (QED) is 0.403. The molecule has 0 saturated heterocycles. The fourth-order valence-corrected chi connectivity index (χ4v) is 3.67. The third kappa shape index (κ3) is 2.52. The number of aromatic nitrogens is 1. The maximum absolute atomic E-state index is 12.2. The van der Waals surface area contributed by atoms with Gasteiger partial charge in [-0.05, 0) is 45.8 Å². The zero-order valence-electron chi connectivity index (χ0n) is 14.4. The summed E-state index contributed by atoms with van der Waals surface area (Å²) in [7, 11) is 0. The molecule has 0 saturated carbocycles. The Hall–Kier alpha value is -3.72. The van der Waals surface area contributed by atoms with Crippen LogP contribution in [0.25, 0.3) is 43.7 Å². The minimum absolute atomic E-state index is 0.293. The molecule has 5 rings (SSSR count). The lowest BCUT2D eigenvalue weighted by Crippen LogP contribution is -2.02. The van der Waals surface area contributed by atoms with Crippen molar-refractivity contribution in [3.63, 3.8) is 0 Å². The number of hydrogen-bond donors (Lipinski definition) is 1. The van der Waals surface area contributed by atoms with Crippen LogP contribution in [0.15, 0.2) is 84.9 Å². The Bertz CT molecular complexity index is 1360. The van der Waals surface area contributed by atoms with Gasteiger partial charge in [0.15, 0.2) is 0 Å². The number of carboxylic acids is 1. The lowest BCUT2D eigenvalue weighted by atomic mass is 9.94. The van der Waals surface area contributed by atoms with Crippen molar-refractivity contribution in [2.75, 3.05) is 0 Å². The van der Waals surface area contributed by atoms with Gasteiger partial charge in [-0.25, -0.2) is 9.78 Å². The average Bonchev–Trinajstić information content (AvgIpc) is 2.70. The molecule has 0 fully saturated rings. The van der Waals surface area contributed by atoms with E-state index in [9.17, 15) is 9.90 Å². The van der Waals surface area contributed by atoms with Gasteiger partial charge < -0.3 is 5.11 Å². The minimum atomic E-state index is -0.944. The Kier molecular flexibility index (Phi) is 3.41. The molecule has 1 heterocycles. The second kappa shape index (κ2) is 5.92. The first kappa shape index (κ1) is 15.5. The largest absolute Gasteiger partial charge is 0.478 e. The van der Waals surface area contributed by atoms with Crippen LogP contribution in [-0.4, -0.2) is 16.1 Å². The van der Waals surface area contributed by atoms with Gasteiger partial charge in [0.25, 0.3) is 0 Å². The molecule has 128 valence electrons. The van der Waals surface area contributed by atoms with Crippen molar-refractivity contribution in [2.24, 2.45) is 0 Å². The summed E-state index contributed by atoms with van der Waals surface area (Å²) in [5.41, 5.74) is 2.45. The van der Waals surface area contributed by atoms with Gasteiger partial charge in [-0.2, -0.15) is 0 Å². The molecule has 4 aromatic carbocycles. The predicted octanol–water partition coefficient (Wildman–Crippen LogP) is 5.91. The van der Waals surface area contributed by atoms with Crippen LogP contribution in [0.3, 0.4) is 0 Å². The van der Waals surface area contributed by atoms with Crippen molar-refractivity contribution in [1.82, 2.24) is 4.98 Å². The highest BCUT2D eigenvalue weighted by atomic mass is 16.4. The van der Waals surface area contributed by atoms with E-state index < -0.39 is 5.97 Å². The lowest BCUT2D eigenvalue weighted by molar-refractivity contribution is 0.0700. The van der Waals surface area contributed by atoms with Crippen LogP contribution in [-0.2, 0) is 0 Å². The highest BCUT2D eigenvalue weighted by molar-refractivity contribution is 6.12. The molecule has 1 N–H and O–H groups in total. The van der Waals surface area contributed by atoms with E-state index in [0.717, 1.165) is 32.4 Å². The summed E-state index contributed by atoms with van der Waals surface area (Å²) in [6, 6.07) is 27.5. The monoisotopic (exact) mass is 349 g/mol. The van der Waals surface area contributed by atoms with E-state index in [-0.39, 0.29) is 0 Å². The Morgan fingerprint density at radius 3 is 2.15 bits per heavy atom. The molecule has 0 amide bonds. The summed E-state index contributed by atoms with van der Waals surface area (Å²) in [6.45, 7) is 0. The van der Waals surface area contributed by atoms with Gasteiger partial charge in [0.2, 0.25) is 0 Å². The van der Waals surface area contributed by atoms with Crippen LogP contribution in [0, 0.1) is 0 Å². The van der Waals surface area contributed by atoms with E-state index in [4.69, 9.17) is 4.98 Å². The molecule has 0 aliphatic heterocycles. The molecular weight excluding hydrogens is 334 g/mol. The smallest absolute Gasteiger partial charge is 0.337 e. The number of carboxylic acid groups (broad SMARTS) is 1. The van der Waals surface area contributed by atoms with E-state index in [1.54, 1.807) is 0 Å². The van der Waals surface area contributed by atoms with Crippen LogP contribution in [0.2, 0.25) is 0 Å². The maximum atomic E-state index is 12.2. The molecular formula is C24H15NO2. The summed E-state index contributed by atoms with van der Waals surface area (Å²) < 4.78 is 0. The summed E-state index contributed by atoms with van der Waals surface area (Å²) >= 11 is 0. The highest BCUT2D eigenvalue weighted by Crippen LogP contribution is 2.33. The van der Waals surface area contributed by atoms with Crippen LogP contribution in [0.1, 0.15) is 10.4 Å². The number of nitrogens with zero attached hydrogens (tertiary/aromatic N) is 1. The van der Waals surface area contributed by atoms with Gasteiger partial charge in [-0.1, -0.05) is 60.7 Å². The van der Waals surface area contributed by atoms with Gasteiger partial charge in [-0.15, -0.1) is 0 Å². The normalized spacial score (nSPS) is 11.3. The van der Waals surface area contributed by atoms with E-state index >= 15 is 0 Å². The molecule has 5 aromatic rings. The van der Waals surface area contributed by atoms with Gasteiger partial charge in [-0.3, -0.25) is 0 Å². The molecule has 0 radical (unpaired) electrons. The lowest BCUT2D eigenvalue weighted by Gasteiger charge is -2.11. The van der Waals surface area contributed by atoms with Crippen molar-refractivity contribution in [2.45, 2.75) is 0 Å². The molecule has 0 unspecified atom stereocenters.